The lowest BCUT2D eigenvalue weighted by molar-refractivity contribution is 1.05. The molecule has 0 aliphatic heterocycles. The molecule has 0 amide bonds. The van der Waals surface area contributed by atoms with Gasteiger partial charge in [0, 0.05) is 5.02 Å². The van der Waals surface area contributed by atoms with Crippen molar-refractivity contribution in [1.82, 2.24) is 0 Å². The van der Waals surface area contributed by atoms with Gasteiger partial charge in [-0.2, -0.15) is 0 Å². The van der Waals surface area contributed by atoms with E-state index in [1.807, 2.05) is 18.2 Å². The van der Waals surface area contributed by atoms with E-state index < -0.39 is 0 Å². The molecule has 1 aliphatic carbocycles. The van der Waals surface area contributed by atoms with Crippen molar-refractivity contribution in [1.29, 1.82) is 0 Å². The van der Waals surface area contributed by atoms with Crippen LogP contribution in [0.2, 0.25) is 5.02 Å². The molecular weight excluding hydrogens is 180 g/mol. The Bertz CT molecular complexity index is 274. The molecule has 0 unspecified atom stereocenters. The van der Waals surface area contributed by atoms with Gasteiger partial charge in [0.1, 0.15) is 0 Å². The van der Waals surface area contributed by atoms with E-state index in [9.17, 15) is 0 Å². The molecule has 0 N–H and O–H groups in total. The highest BCUT2D eigenvalue weighted by molar-refractivity contribution is 6.30. The Morgan fingerprint density at radius 2 is 1.85 bits per heavy atom. The van der Waals surface area contributed by atoms with Gasteiger partial charge in [0.05, 0.1) is 0 Å². The van der Waals surface area contributed by atoms with Crippen molar-refractivity contribution in [3.8, 4) is 0 Å². The Hall–Kier alpha value is -0.490. The highest BCUT2D eigenvalue weighted by Gasteiger charge is 2.16. The van der Waals surface area contributed by atoms with E-state index in [1.54, 1.807) is 0 Å². The van der Waals surface area contributed by atoms with Gasteiger partial charge in [-0.25, -0.2) is 0 Å². The molecule has 5 radical (unpaired) electrons. The number of hydrogen-bond donors (Lipinski definition) is 0. The summed E-state index contributed by atoms with van der Waals surface area (Å²) in [6.45, 7) is 0. The van der Waals surface area contributed by atoms with Crippen LogP contribution in [0.15, 0.2) is 24.3 Å². The molecule has 1 aliphatic rings. The third-order valence-electron chi connectivity index (χ3n) is 2.03. The standard InChI is InChI=1S/C12H10Cl/c13-12-7-3-6-11(9-12)8-10-4-1-2-5-10/h1-7,9H,8H2. The summed E-state index contributed by atoms with van der Waals surface area (Å²) in [5.74, 6) is 1.34. The predicted molar refractivity (Wildman–Crippen MR) is 55.6 cm³/mol. The van der Waals surface area contributed by atoms with Crippen LogP contribution in [0.5, 0.6) is 0 Å². The Morgan fingerprint density at radius 1 is 1.08 bits per heavy atom. The largest absolute Gasteiger partial charge is 0.0843 e. The third-order valence-corrected chi connectivity index (χ3v) is 2.26. The summed E-state index contributed by atoms with van der Waals surface area (Å²) in [5, 5.41) is 0.809. The quantitative estimate of drug-likeness (QED) is 0.670. The second kappa shape index (κ2) is 4.15. The second-order valence-electron chi connectivity index (χ2n) is 3.10. The fourth-order valence-electron chi connectivity index (χ4n) is 1.41. The van der Waals surface area contributed by atoms with E-state index in [2.05, 4.69) is 31.7 Å². The molecule has 1 heteroatoms. The second-order valence-corrected chi connectivity index (χ2v) is 3.54. The maximum atomic E-state index is 5.89. The van der Waals surface area contributed by atoms with Crippen molar-refractivity contribution in [3.05, 3.63) is 66.5 Å². The Morgan fingerprint density at radius 3 is 2.54 bits per heavy atom. The van der Waals surface area contributed by atoms with E-state index in [0.29, 0.717) is 0 Å². The van der Waals surface area contributed by atoms with Gasteiger partial charge in [0.15, 0.2) is 0 Å². The number of halogens is 1. The zero-order valence-corrected chi connectivity index (χ0v) is 7.96. The lowest BCUT2D eigenvalue weighted by Crippen LogP contribution is -1.96. The van der Waals surface area contributed by atoms with Crippen LogP contribution in [0.3, 0.4) is 0 Å². The molecule has 1 fully saturated rings. The van der Waals surface area contributed by atoms with Crippen LogP contribution >= 0.6 is 11.6 Å². The van der Waals surface area contributed by atoms with Crippen LogP contribution in [-0.2, 0) is 6.42 Å². The molecule has 65 valence electrons. The molecule has 0 aromatic heterocycles. The number of rotatable bonds is 2. The molecule has 13 heavy (non-hydrogen) atoms. The van der Waals surface area contributed by atoms with E-state index in [4.69, 9.17) is 11.6 Å². The average Bonchev–Trinajstić information content (AvgIpc) is 2.57. The summed E-state index contributed by atoms with van der Waals surface area (Å²) in [6, 6.07) is 7.99. The molecular formula is C12H10Cl. The average molecular weight is 190 g/mol. The number of benzene rings is 1. The van der Waals surface area contributed by atoms with Crippen LogP contribution in [0.4, 0.5) is 0 Å². The van der Waals surface area contributed by atoms with Crippen molar-refractivity contribution in [3.63, 3.8) is 0 Å². The smallest absolute Gasteiger partial charge is 0.0408 e. The Balaban J connectivity index is 2.00. The Kier molecular flexibility index (Phi) is 2.90. The van der Waals surface area contributed by atoms with Gasteiger partial charge in [0.2, 0.25) is 0 Å². The minimum atomic E-state index is 0.809. The van der Waals surface area contributed by atoms with E-state index in [1.165, 1.54) is 11.5 Å². The van der Waals surface area contributed by atoms with Crippen molar-refractivity contribution in [2.24, 2.45) is 0 Å². The molecule has 1 aromatic carbocycles. The van der Waals surface area contributed by atoms with Crippen molar-refractivity contribution < 1.29 is 0 Å². The van der Waals surface area contributed by atoms with Gasteiger partial charge in [-0.1, -0.05) is 23.7 Å². The molecule has 0 spiro atoms. The summed E-state index contributed by atoms with van der Waals surface area (Å²) >= 11 is 5.89. The van der Waals surface area contributed by atoms with E-state index in [-0.39, 0.29) is 0 Å². The van der Waals surface area contributed by atoms with Crippen LogP contribution in [0.1, 0.15) is 5.56 Å². The van der Waals surface area contributed by atoms with Crippen LogP contribution < -0.4 is 0 Å². The van der Waals surface area contributed by atoms with Gasteiger partial charge in [-0.05, 0) is 55.7 Å². The zero-order chi connectivity index (χ0) is 9.10. The van der Waals surface area contributed by atoms with Gasteiger partial charge in [-0.15, -0.1) is 0 Å². The molecule has 1 saturated carbocycles. The highest BCUT2D eigenvalue weighted by Crippen LogP contribution is 2.27. The fraction of sp³-hybridized carbons (Fsp3) is 0.0833. The SMILES string of the molecule is Clc1cccc(C[C]2[CH][CH][CH][CH]2)c1. The van der Waals surface area contributed by atoms with Gasteiger partial charge < -0.3 is 0 Å². The van der Waals surface area contributed by atoms with Gasteiger partial charge in [-0.3, -0.25) is 0 Å². The molecule has 0 nitrogen and oxygen atoms in total. The van der Waals surface area contributed by atoms with Crippen LogP contribution in [0.25, 0.3) is 0 Å². The monoisotopic (exact) mass is 189 g/mol. The minimum Gasteiger partial charge on any atom is -0.0843 e. The molecule has 1 aromatic rings. The first-order valence-corrected chi connectivity index (χ1v) is 4.67. The molecule has 0 bridgehead atoms. The first-order chi connectivity index (χ1) is 6.34. The Labute approximate surface area is 84.9 Å². The number of hydrogen-bond acceptors (Lipinski definition) is 0. The topological polar surface area (TPSA) is 0 Å². The maximum absolute atomic E-state index is 5.89. The lowest BCUT2D eigenvalue weighted by atomic mass is 9.98. The summed E-state index contributed by atoms with van der Waals surface area (Å²) in [5.41, 5.74) is 1.26. The first kappa shape index (κ1) is 9.08. The minimum absolute atomic E-state index is 0.809. The van der Waals surface area contributed by atoms with Crippen LogP contribution in [0, 0.1) is 31.6 Å². The first-order valence-electron chi connectivity index (χ1n) is 4.29. The van der Waals surface area contributed by atoms with Crippen molar-refractivity contribution >= 4 is 11.6 Å². The zero-order valence-electron chi connectivity index (χ0n) is 7.20. The summed E-state index contributed by atoms with van der Waals surface area (Å²) < 4.78 is 0. The summed E-state index contributed by atoms with van der Waals surface area (Å²) in [6.07, 6.45) is 9.33. The normalized spacial score (nSPS) is 17.9. The van der Waals surface area contributed by atoms with Crippen molar-refractivity contribution in [2.75, 3.05) is 0 Å². The van der Waals surface area contributed by atoms with E-state index >= 15 is 0 Å². The molecule has 2 rings (SSSR count). The maximum Gasteiger partial charge on any atom is 0.0408 e. The van der Waals surface area contributed by atoms with E-state index in [0.717, 1.165) is 11.4 Å². The van der Waals surface area contributed by atoms with Gasteiger partial charge in [0.25, 0.3) is 0 Å². The van der Waals surface area contributed by atoms with Crippen molar-refractivity contribution in [2.45, 2.75) is 6.42 Å². The predicted octanol–water partition coefficient (Wildman–Crippen LogP) is 3.29. The summed E-state index contributed by atoms with van der Waals surface area (Å²) in [4.78, 5) is 0. The summed E-state index contributed by atoms with van der Waals surface area (Å²) in [7, 11) is 0. The lowest BCUT2D eigenvalue weighted by Gasteiger charge is -2.07. The van der Waals surface area contributed by atoms with Crippen LogP contribution in [-0.4, -0.2) is 0 Å². The van der Waals surface area contributed by atoms with Gasteiger partial charge >= 0.3 is 0 Å². The molecule has 0 heterocycles. The fourth-order valence-corrected chi connectivity index (χ4v) is 1.63. The highest BCUT2D eigenvalue weighted by atomic mass is 35.5. The molecule has 0 saturated heterocycles. The third kappa shape index (κ3) is 2.47. The molecule has 0 atom stereocenters.